The molecule has 0 radical (unpaired) electrons. The molecule has 2 aromatic rings. The lowest BCUT2D eigenvalue weighted by atomic mass is 9.94. The molecule has 0 saturated carbocycles. The molecule has 1 amide bonds. The van der Waals surface area contributed by atoms with Crippen molar-refractivity contribution in [3.05, 3.63) is 76.0 Å². The topological polar surface area (TPSA) is 79.5 Å². The highest BCUT2D eigenvalue weighted by Crippen LogP contribution is 2.28. The number of hydrogen-bond donors (Lipinski definition) is 3. The number of amides is 1. The van der Waals surface area contributed by atoms with Crippen LogP contribution in [0.25, 0.3) is 0 Å². The van der Waals surface area contributed by atoms with Gasteiger partial charge in [0.1, 0.15) is 0 Å². The summed E-state index contributed by atoms with van der Waals surface area (Å²) in [5, 5.41) is 9.61. The molecule has 0 aliphatic carbocycles. The van der Waals surface area contributed by atoms with E-state index in [1.807, 2.05) is 39.0 Å². The summed E-state index contributed by atoms with van der Waals surface area (Å²) < 4.78 is 4.74. The number of rotatable bonds is 4. The Kier molecular flexibility index (Phi) is 5.98. The van der Waals surface area contributed by atoms with E-state index in [1.54, 1.807) is 24.3 Å². The van der Waals surface area contributed by atoms with Gasteiger partial charge in [-0.25, -0.2) is 4.79 Å². The number of anilines is 1. The largest absolute Gasteiger partial charge is 0.465 e. The van der Waals surface area contributed by atoms with E-state index in [9.17, 15) is 9.59 Å². The minimum Gasteiger partial charge on any atom is -0.465 e. The third-order valence-electron chi connectivity index (χ3n) is 4.81. The fourth-order valence-corrected chi connectivity index (χ4v) is 3.59. The minimum absolute atomic E-state index is 0.223. The Morgan fingerprint density at radius 1 is 1.07 bits per heavy atom. The predicted octanol–water partition coefficient (Wildman–Crippen LogP) is 3.52. The highest BCUT2D eigenvalue weighted by Gasteiger charge is 2.30. The molecule has 6 nitrogen and oxygen atoms in total. The Morgan fingerprint density at radius 3 is 2.38 bits per heavy atom. The first-order valence-electron chi connectivity index (χ1n) is 9.15. The van der Waals surface area contributed by atoms with Crippen LogP contribution in [-0.2, 0) is 9.53 Å². The van der Waals surface area contributed by atoms with Crippen molar-refractivity contribution in [3.8, 4) is 0 Å². The van der Waals surface area contributed by atoms with Crippen LogP contribution >= 0.6 is 12.2 Å². The molecule has 0 saturated heterocycles. The Labute approximate surface area is 175 Å². The molecule has 0 fully saturated rings. The van der Waals surface area contributed by atoms with Crippen LogP contribution in [0.2, 0.25) is 0 Å². The van der Waals surface area contributed by atoms with Crippen LogP contribution in [-0.4, -0.2) is 24.1 Å². The van der Waals surface area contributed by atoms with Crippen molar-refractivity contribution < 1.29 is 14.3 Å². The molecule has 29 heavy (non-hydrogen) atoms. The van der Waals surface area contributed by atoms with E-state index in [4.69, 9.17) is 17.0 Å². The van der Waals surface area contributed by atoms with Gasteiger partial charge in [0.25, 0.3) is 5.91 Å². The maximum absolute atomic E-state index is 13.2. The van der Waals surface area contributed by atoms with Gasteiger partial charge in [0.05, 0.1) is 24.3 Å². The summed E-state index contributed by atoms with van der Waals surface area (Å²) >= 11 is 5.29. The Balaban J connectivity index is 1.93. The summed E-state index contributed by atoms with van der Waals surface area (Å²) in [6, 6.07) is 12.3. The highest BCUT2D eigenvalue weighted by atomic mass is 32.1. The van der Waals surface area contributed by atoms with Gasteiger partial charge in [-0.15, -0.1) is 0 Å². The van der Waals surface area contributed by atoms with Crippen LogP contribution in [0, 0.1) is 13.8 Å². The molecule has 0 aromatic heterocycles. The molecule has 150 valence electrons. The van der Waals surface area contributed by atoms with Crippen LogP contribution in [0.15, 0.2) is 53.7 Å². The van der Waals surface area contributed by atoms with Crippen LogP contribution in [0.4, 0.5) is 5.69 Å². The standard InChI is InChI=1S/C22H23N3O3S/c1-12-5-10-17(13(2)11-12)24-20(26)18-14(3)23-22(29)25-19(18)15-6-8-16(9-7-15)21(27)28-4/h5-11,19H,1-4H3,(H,24,26)(H2,23,25,29)/t19-/m0/s1. The van der Waals surface area contributed by atoms with E-state index in [-0.39, 0.29) is 5.91 Å². The zero-order valence-electron chi connectivity index (χ0n) is 16.8. The molecule has 0 bridgehead atoms. The predicted molar refractivity (Wildman–Crippen MR) is 117 cm³/mol. The van der Waals surface area contributed by atoms with Crippen molar-refractivity contribution in [2.75, 3.05) is 12.4 Å². The molecule has 0 spiro atoms. The van der Waals surface area contributed by atoms with Gasteiger partial charge in [-0.05, 0) is 62.3 Å². The van der Waals surface area contributed by atoms with Crippen molar-refractivity contribution in [3.63, 3.8) is 0 Å². The van der Waals surface area contributed by atoms with E-state index in [2.05, 4.69) is 16.0 Å². The Bertz CT molecular complexity index is 1010. The number of benzene rings is 2. The lowest BCUT2D eigenvalue weighted by Crippen LogP contribution is -2.45. The second-order valence-corrected chi connectivity index (χ2v) is 7.36. The monoisotopic (exact) mass is 409 g/mol. The average molecular weight is 410 g/mol. The van der Waals surface area contributed by atoms with Gasteiger partial charge in [-0.1, -0.05) is 29.8 Å². The fraction of sp³-hybridized carbons (Fsp3) is 0.227. The molecule has 1 aliphatic rings. The summed E-state index contributed by atoms with van der Waals surface area (Å²) in [5.74, 6) is -0.635. The summed E-state index contributed by atoms with van der Waals surface area (Å²) in [4.78, 5) is 24.9. The average Bonchev–Trinajstić information content (AvgIpc) is 2.69. The third kappa shape index (κ3) is 4.46. The summed E-state index contributed by atoms with van der Waals surface area (Å²) in [5.41, 5.74) is 5.34. The quantitative estimate of drug-likeness (QED) is 0.530. The zero-order valence-corrected chi connectivity index (χ0v) is 17.6. The first kappa shape index (κ1) is 20.5. The summed E-state index contributed by atoms with van der Waals surface area (Å²) in [6.07, 6.45) is 0. The van der Waals surface area contributed by atoms with Crippen molar-refractivity contribution in [2.45, 2.75) is 26.8 Å². The zero-order chi connectivity index (χ0) is 21.1. The van der Waals surface area contributed by atoms with Gasteiger partial charge < -0.3 is 20.7 Å². The Hall–Kier alpha value is -3.19. The van der Waals surface area contributed by atoms with Gasteiger partial charge in [0, 0.05) is 11.4 Å². The second kappa shape index (κ2) is 8.45. The van der Waals surface area contributed by atoms with Crippen LogP contribution < -0.4 is 16.0 Å². The number of ether oxygens (including phenoxy) is 1. The molecule has 1 heterocycles. The van der Waals surface area contributed by atoms with Crippen molar-refractivity contribution in [2.24, 2.45) is 0 Å². The third-order valence-corrected chi connectivity index (χ3v) is 5.03. The van der Waals surface area contributed by atoms with E-state index in [0.29, 0.717) is 21.9 Å². The van der Waals surface area contributed by atoms with Crippen molar-refractivity contribution in [1.82, 2.24) is 10.6 Å². The van der Waals surface area contributed by atoms with Gasteiger partial charge in [0.15, 0.2) is 5.11 Å². The highest BCUT2D eigenvalue weighted by molar-refractivity contribution is 7.80. The molecule has 3 rings (SSSR count). The first-order valence-corrected chi connectivity index (χ1v) is 9.56. The molecule has 2 aromatic carbocycles. The van der Waals surface area contributed by atoms with Gasteiger partial charge in [0.2, 0.25) is 0 Å². The van der Waals surface area contributed by atoms with E-state index in [0.717, 1.165) is 22.4 Å². The van der Waals surface area contributed by atoms with Crippen molar-refractivity contribution in [1.29, 1.82) is 0 Å². The van der Waals surface area contributed by atoms with Crippen LogP contribution in [0.1, 0.15) is 40.0 Å². The summed E-state index contributed by atoms with van der Waals surface area (Å²) in [6.45, 7) is 5.79. The smallest absolute Gasteiger partial charge is 0.337 e. The number of esters is 1. The number of carbonyl (C=O) groups is 2. The molecule has 7 heteroatoms. The number of nitrogens with one attached hydrogen (secondary N) is 3. The molecule has 1 atom stereocenters. The van der Waals surface area contributed by atoms with Gasteiger partial charge in [-0.2, -0.15) is 0 Å². The maximum Gasteiger partial charge on any atom is 0.337 e. The molecular formula is C22H23N3O3S. The van der Waals surface area contributed by atoms with Gasteiger partial charge >= 0.3 is 5.97 Å². The van der Waals surface area contributed by atoms with Crippen molar-refractivity contribution >= 4 is 34.9 Å². The number of carbonyl (C=O) groups excluding carboxylic acids is 2. The molecule has 0 unspecified atom stereocenters. The molecule has 1 aliphatic heterocycles. The SMILES string of the molecule is COC(=O)c1ccc([C@@H]2NC(=S)NC(C)=C2C(=O)Nc2ccc(C)cc2C)cc1. The molecule has 3 N–H and O–H groups in total. The number of allylic oxidation sites excluding steroid dienone is 1. The first-order chi connectivity index (χ1) is 13.8. The lowest BCUT2D eigenvalue weighted by molar-refractivity contribution is -0.113. The number of aryl methyl sites for hydroxylation is 2. The Morgan fingerprint density at radius 2 is 1.76 bits per heavy atom. The fourth-order valence-electron chi connectivity index (χ4n) is 3.32. The lowest BCUT2D eigenvalue weighted by Gasteiger charge is -2.30. The van der Waals surface area contributed by atoms with Gasteiger partial charge in [-0.3, -0.25) is 4.79 Å². The van der Waals surface area contributed by atoms with Crippen LogP contribution in [0.3, 0.4) is 0 Å². The minimum atomic E-state index is -0.443. The summed E-state index contributed by atoms with van der Waals surface area (Å²) in [7, 11) is 1.34. The second-order valence-electron chi connectivity index (χ2n) is 6.96. The maximum atomic E-state index is 13.2. The molecular weight excluding hydrogens is 386 g/mol. The number of methoxy groups -OCH3 is 1. The van der Waals surface area contributed by atoms with E-state index < -0.39 is 12.0 Å². The van der Waals surface area contributed by atoms with E-state index in [1.165, 1.54) is 7.11 Å². The normalized spacial score (nSPS) is 16.0. The van der Waals surface area contributed by atoms with Crippen LogP contribution in [0.5, 0.6) is 0 Å². The van der Waals surface area contributed by atoms with E-state index >= 15 is 0 Å². The number of thiocarbonyl (C=S) groups is 1. The number of hydrogen-bond acceptors (Lipinski definition) is 4.